The molecular formula is C22H30IN5O3. The number of guanidine groups is 1. The van der Waals surface area contributed by atoms with Gasteiger partial charge in [0.15, 0.2) is 17.5 Å². The molecule has 9 heteroatoms. The van der Waals surface area contributed by atoms with E-state index in [1.54, 1.807) is 7.05 Å². The van der Waals surface area contributed by atoms with Crippen LogP contribution in [0.25, 0.3) is 0 Å². The number of rotatable bonds is 6. The molecule has 8 nitrogen and oxygen atoms in total. The van der Waals surface area contributed by atoms with Crippen LogP contribution in [0.3, 0.4) is 0 Å². The van der Waals surface area contributed by atoms with Crippen LogP contribution in [0.1, 0.15) is 18.1 Å². The van der Waals surface area contributed by atoms with Crippen LogP contribution in [0.2, 0.25) is 0 Å². The second kappa shape index (κ2) is 11.4. The normalized spacial score (nSPS) is 17.8. The van der Waals surface area contributed by atoms with Gasteiger partial charge in [0.05, 0.1) is 12.7 Å². The molecule has 1 saturated heterocycles. The molecular weight excluding hydrogens is 509 g/mol. The van der Waals surface area contributed by atoms with E-state index in [-0.39, 0.29) is 30.1 Å². The maximum absolute atomic E-state index is 5.60. The molecule has 4 rings (SSSR count). The number of aliphatic imine (C=N–C) groups is 1. The zero-order valence-corrected chi connectivity index (χ0v) is 20.3. The summed E-state index contributed by atoms with van der Waals surface area (Å²) in [4.78, 5) is 11.2. The van der Waals surface area contributed by atoms with E-state index in [1.165, 1.54) is 5.56 Å². The van der Waals surface area contributed by atoms with Gasteiger partial charge < -0.3 is 29.7 Å². The summed E-state index contributed by atoms with van der Waals surface area (Å²) >= 11 is 0. The van der Waals surface area contributed by atoms with Crippen LogP contribution in [0, 0.1) is 0 Å². The van der Waals surface area contributed by atoms with Gasteiger partial charge in [0.1, 0.15) is 5.82 Å². The molecule has 31 heavy (non-hydrogen) atoms. The highest BCUT2D eigenvalue weighted by Crippen LogP contribution is 2.32. The summed E-state index contributed by atoms with van der Waals surface area (Å²) in [5.41, 5.74) is 2.30. The fraction of sp³-hybridized carbons (Fsp3) is 0.455. The highest BCUT2D eigenvalue weighted by molar-refractivity contribution is 14.0. The molecule has 2 aromatic rings. The number of nitrogens with zero attached hydrogens (tertiary/aromatic N) is 3. The number of morpholine rings is 1. The summed E-state index contributed by atoms with van der Waals surface area (Å²) in [7, 11) is 1.77. The summed E-state index contributed by atoms with van der Waals surface area (Å²) < 4.78 is 16.4. The van der Waals surface area contributed by atoms with Crippen LogP contribution in [-0.2, 0) is 17.7 Å². The van der Waals surface area contributed by atoms with Crippen LogP contribution in [0.5, 0.6) is 11.5 Å². The molecule has 2 N–H and O–H groups in total. The topological polar surface area (TPSA) is 80.2 Å². The van der Waals surface area contributed by atoms with Gasteiger partial charge in [-0.15, -0.1) is 24.0 Å². The summed E-state index contributed by atoms with van der Waals surface area (Å²) in [5.74, 6) is 3.39. The summed E-state index contributed by atoms with van der Waals surface area (Å²) in [6, 6.07) is 10.2. The van der Waals surface area contributed by atoms with Gasteiger partial charge >= 0.3 is 0 Å². The van der Waals surface area contributed by atoms with Crippen molar-refractivity contribution >= 4 is 35.8 Å². The van der Waals surface area contributed by atoms with Gasteiger partial charge in [-0.3, -0.25) is 4.99 Å². The molecule has 1 fully saturated rings. The summed E-state index contributed by atoms with van der Waals surface area (Å²) in [6.07, 6.45) is 3.03. The Kier molecular flexibility index (Phi) is 8.59. The van der Waals surface area contributed by atoms with Crippen molar-refractivity contribution in [2.24, 2.45) is 4.99 Å². The van der Waals surface area contributed by atoms with Gasteiger partial charge in [0.25, 0.3) is 0 Å². The molecule has 1 atom stereocenters. The lowest BCUT2D eigenvalue weighted by atomic mass is 10.1. The number of ether oxygens (including phenoxy) is 3. The average Bonchev–Trinajstić information content (AvgIpc) is 3.24. The zero-order valence-electron chi connectivity index (χ0n) is 18.0. The number of halogens is 1. The van der Waals surface area contributed by atoms with E-state index < -0.39 is 0 Å². The van der Waals surface area contributed by atoms with Crippen molar-refractivity contribution in [3.8, 4) is 11.5 Å². The molecule has 0 saturated carbocycles. The van der Waals surface area contributed by atoms with Crippen LogP contribution in [-0.4, -0.2) is 57.1 Å². The Morgan fingerprint density at radius 3 is 2.77 bits per heavy atom. The highest BCUT2D eigenvalue weighted by atomic mass is 127. The van der Waals surface area contributed by atoms with E-state index in [0.717, 1.165) is 61.5 Å². The minimum atomic E-state index is 0. The van der Waals surface area contributed by atoms with E-state index >= 15 is 0 Å². The van der Waals surface area contributed by atoms with Crippen molar-refractivity contribution in [2.75, 3.05) is 45.0 Å². The lowest BCUT2D eigenvalue weighted by Gasteiger charge is -2.32. The fourth-order valence-corrected chi connectivity index (χ4v) is 3.56. The smallest absolute Gasteiger partial charge is 0.231 e. The third-order valence-corrected chi connectivity index (χ3v) is 5.20. The number of benzene rings is 1. The first kappa shape index (κ1) is 23.4. The minimum Gasteiger partial charge on any atom is -0.454 e. The SMILES string of the molecule is CN=C(NCCc1ccc2c(c1)OCO2)NCc1ccc(N2CCOC(C)C2)nc1.I. The minimum absolute atomic E-state index is 0. The van der Waals surface area contributed by atoms with E-state index in [2.05, 4.69) is 50.6 Å². The molecule has 0 amide bonds. The number of aromatic nitrogens is 1. The van der Waals surface area contributed by atoms with Gasteiger partial charge in [-0.25, -0.2) is 4.98 Å². The van der Waals surface area contributed by atoms with E-state index in [4.69, 9.17) is 14.2 Å². The van der Waals surface area contributed by atoms with E-state index in [9.17, 15) is 0 Å². The molecule has 3 heterocycles. The van der Waals surface area contributed by atoms with Crippen LogP contribution in [0.15, 0.2) is 41.5 Å². The van der Waals surface area contributed by atoms with Crippen molar-refractivity contribution in [1.29, 1.82) is 0 Å². The van der Waals surface area contributed by atoms with E-state index in [1.807, 2.05) is 18.3 Å². The Balaban J connectivity index is 0.00000272. The van der Waals surface area contributed by atoms with Crippen LogP contribution < -0.4 is 25.0 Å². The number of hydrogen-bond donors (Lipinski definition) is 2. The molecule has 1 aromatic heterocycles. The monoisotopic (exact) mass is 539 g/mol. The number of pyridine rings is 1. The average molecular weight is 539 g/mol. The maximum Gasteiger partial charge on any atom is 0.231 e. The highest BCUT2D eigenvalue weighted by Gasteiger charge is 2.17. The maximum atomic E-state index is 5.60. The number of fused-ring (bicyclic) bond motifs is 1. The quantitative estimate of drug-likeness (QED) is 0.332. The first-order valence-corrected chi connectivity index (χ1v) is 10.4. The Morgan fingerprint density at radius 2 is 2.00 bits per heavy atom. The number of hydrogen-bond acceptors (Lipinski definition) is 6. The molecule has 0 bridgehead atoms. The molecule has 168 valence electrons. The number of anilines is 1. The van der Waals surface area contributed by atoms with Crippen molar-refractivity contribution in [1.82, 2.24) is 15.6 Å². The molecule has 0 aliphatic carbocycles. The third kappa shape index (κ3) is 6.36. The first-order chi connectivity index (χ1) is 14.7. The first-order valence-electron chi connectivity index (χ1n) is 10.4. The van der Waals surface area contributed by atoms with Gasteiger partial charge in [0.2, 0.25) is 6.79 Å². The summed E-state index contributed by atoms with van der Waals surface area (Å²) in [5, 5.41) is 6.69. The second-order valence-corrected chi connectivity index (χ2v) is 7.44. The fourth-order valence-electron chi connectivity index (χ4n) is 3.56. The van der Waals surface area contributed by atoms with Gasteiger partial charge in [-0.05, 0) is 42.7 Å². The van der Waals surface area contributed by atoms with Gasteiger partial charge in [0, 0.05) is 39.4 Å². The molecule has 1 aromatic carbocycles. The van der Waals surface area contributed by atoms with Crippen LogP contribution in [0.4, 0.5) is 5.82 Å². The van der Waals surface area contributed by atoms with Crippen molar-refractivity contribution in [2.45, 2.75) is 26.0 Å². The third-order valence-electron chi connectivity index (χ3n) is 5.20. The summed E-state index contributed by atoms with van der Waals surface area (Å²) in [6.45, 7) is 6.34. The largest absolute Gasteiger partial charge is 0.454 e. The number of nitrogens with one attached hydrogen (secondary N) is 2. The van der Waals surface area contributed by atoms with Crippen molar-refractivity contribution in [3.63, 3.8) is 0 Å². The molecule has 0 spiro atoms. The van der Waals surface area contributed by atoms with Gasteiger partial charge in [-0.1, -0.05) is 12.1 Å². The second-order valence-electron chi connectivity index (χ2n) is 7.44. The predicted molar refractivity (Wildman–Crippen MR) is 132 cm³/mol. The lowest BCUT2D eigenvalue weighted by molar-refractivity contribution is 0.0529. The molecule has 2 aliphatic rings. The van der Waals surface area contributed by atoms with E-state index in [0.29, 0.717) is 13.3 Å². The Morgan fingerprint density at radius 1 is 1.16 bits per heavy atom. The van der Waals surface area contributed by atoms with Crippen LogP contribution >= 0.6 is 24.0 Å². The molecule has 2 aliphatic heterocycles. The Bertz CT molecular complexity index is 878. The predicted octanol–water partition coefficient (Wildman–Crippen LogP) is 2.56. The Hall–Kier alpha value is -2.27. The lowest BCUT2D eigenvalue weighted by Crippen LogP contribution is -2.41. The molecule has 0 radical (unpaired) electrons. The standard InChI is InChI=1S/C22H29N5O3.HI/c1-16-14-27(9-10-28-16)21-6-4-18(12-25-21)13-26-22(23-2)24-8-7-17-3-5-19-20(11-17)30-15-29-19;/h3-6,11-12,16H,7-10,13-15H2,1-2H3,(H2,23,24,26);1H. The Labute approximate surface area is 200 Å². The van der Waals surface area contributed by atoms with Crippen molar-refractivity contribution < 1.29 is 14.2 Å². The van der Waals surface area contributed by atoms with Crippen molar-refractivity contribution in [3.05, 3.63) is 47.7 Å². The molecule has 1 unspecified atom stereocenters. The zero-order chi connectivity index (χ0) is 20.8. The van der Waals surface area contributed by atoms with Gasteiger partial charge in [-0.2, -0.15) is 0 Å².